The van der Waals surface area contributed by atoms with Crippen molar-refractivity contribution in [2.24, 2.45) is 10.8 Å². The van der Waals surface area contributed by atoms with Crippen LogP contribution in [0.4, 0.5) is 0 Å². The topological polar surface area (TPSA) is 55.8 Å². The Labute approximate surface area is 161 Å². The van der Waals surface area contributed by atoms with Crippen LogP contribution in [0.2, 0.25) is 0 Å². The zero-order chi connectivity index (χ0) is 17.9. The van der Waals surface area contributed by atoms with E-state index in [0.29, 0.717) is 6.54 Å². The monoisotopic (exact) mass is 381 g/mol. The SMILES string of the molecule is COC(=O)C1(C(=O)OC)CN(Cc2ccccc2)CC12CCCCC2.Cl. The van der Waals surface area contributed by atoms with Gasteiger partial charge in [-0.15, -0.1) is 12.4 Å². The van der Waals surface area contributed by atoms with Crippen molar-refractivity contribution in [2.45, 2.75) is 38.6 Å². The van der Waals surface area contributed by atoms with E-state index in [1.165, 1.54) is 19.8 Å². The number of halogens is 1. The highest BCUT2D eigenvalue weighted by Gasteiger charge is 2.67. The number of likely N-dealkylation sites (tertiary alicyclic amines) is 1. The summed E-state index contributed by atoms with van der Waals surface area (Å²) >= 11 is 0. The molecule has 1 heterocycles. The second kappa shape index (κ2) is 8.40. The fraction of sp³-hybridized carbons (Fsp3) is 0.600. The molecule has 2 aliphatic rings. The minimum atomic E-state index is -1.22. The number of rotatable bonds is 4. The van der Waals surface area contributed by atoms with Gasteiger partial charge in [-0.3, -0.25) is 14.5 Å². The van der Waals surface area contributed by atoms with Crippen molar-refractivity contribution in [1.82, 2.24) is 4.90 Å². The normalized spacial score (nSPS) is 21.0. The Kier molecular flexibility index (Phi) is 6.69. The molecule has 144 valence electrons. The van der Waals surface area contributed by atoms with Crippen LogP contribution in [0.15, 0.2) is 30.3 Å². The van der Waals surface area contributed by atoms with Crippen molar-refractivity contribution < 1.29 is 19.1 Å². The number of nitrogens with zero attached hydrogens (tertiary/aromatic N) is 1. The maximum Gasteiger partial charge on any atom is 0.325 e. The van der Waals surface area contributed by atoms with Gasteiger partial charge in [0.05, 0.1) is 14.2 Å². The third kappa shape index (κ3) is 3.35. The lowest BCUT2D eigenvalue weighted by Crippen LogP contribution is -2.54. The van der Waals surface area contributed by atoms with Crippen LogP contribution in [0.1, 0.15) is 37.7 Å². The summed E-state index contributed by atoms with van der Waals surface area (Å²) in [7, 11) is 2.73. The molecule has 1 saturated heterocycles. The molecule has 26 heavy (non-hydrogen) atoms. The van der Waals surface area contributed by atoms with Gasteiger partial charge in [-0.05, 0) is 18.4 Å². The van der Waals surface area contributed by atoms with Gasteiger partial charge in [0.1, 0.15) is 0 Å². The van der Waals surface area contributed by atoms with Crippen molar-refractivity contribution >= 4 is 24.3 Å². The van der Waals surface area contributed by atoms with Crippen LogP contribution in [-0.4, -0.2) is 44.1 Å². The largest absolute Gasteiger partial charge is 0.468 e. The molecule has 1 saturated carbocycles. The summed E-state index contributed by atoms with van der Waals surface area (Å²) in [6.45, 7) is 1.81. The Balaban J connectivity index is 0.00000243. The second-order valence-corrected chi connectivity index (χ2v) is 7.36. The van der Waals surface area contributed by atoms with E-state index >= 15 is 0 Å². The van der Waals surface area contributed by atoms with E-state index in [0.717, 1.165) is 45.2 Å². The third-order valence-electron chi connectivity index (χ3n) is 6.02. The minimum absolute atomic E-state index is 0. The van der Waals surface area contributed by atoms with Gasteiger partial charge in [0.15, 0.2) is 5.41 Å². The van der Waals surface area contributed by atoms with Crippen molar-refractivity contribution in [3.63, 3.8) is 0 Å². The average Bonchev–Trinajstić information content (AvgIpc) is 2.95. The fourth-order valence-electron chi connectivity index (χ4n) is 4.88. The van der Waals surface area contributed by atoms with E-state index < -0.39 is 17.4 Å². The molecular formula is C20H28ClNO4. The van der Waals surface area contributed by atoms with Crippen LogP contribution in [-0.2, 0) is 25.6 Å². The molecule has 3 rings (SSSR count). The first kappa shape index (κ1) is 20.7. The quantitative estimate of drug-likeness (QED) is 0.592. The molecule has 0 N–H and O–H groups in total. The molecular weight excluding hydrogens is 354 g/mol. The van der Waals surface area contributed by atoms with Crippen molar-refractivity contribution in [2.75, 3.05) is 27.3 Å². The van der Waals surface area contributed by atoms with E-state index in [4.69, 9.17) is 9.47 Å². The first-order valence-electron chi connectivity index (χ1n) is 9.01. The summed E-state index contributed by atoms with van der Waals surface area (Å²) < 4.78 is 10.2. The zero-order valence-corrected chi connectivity index (χ0v) is 16.3. The molecule has 0 bridgehead atoms. The predicted molar refractivity (Wildman–Crippen MR) is 101 cm³/mol. The number of esters is 2. The summed E-state index contributed by atoms with van der Waals surface area (Å²) in [6.07, 6.45) is 4.95. The number of ether oxygens (including phenoxy) is 2. The number of hydrogen-bond donors (Lipinski definition) is 0. The lowest BCUT2D eigenvalue weighted by molar-refractivity contribution is -0.178. The van der Waals surface area contributed by atoms with Crippen molar-refractivity contribution in [3.8, 4) is 0 Å². The first-order valence-corrected chi connectivity index (χ1v) is 9.01. The van der Waals surface area contributed by atoms with Gasteiger partial charge in [-0.2, -0.15) is 0 Å². The summed E-state index contributed by atoms with van der Waals surface area (Å²) in [4.78, 5) is 27.9. The highest BCUT2D eigenvalue weighted by atomic mass is 35.5. The van der Waals surface area contributed by atoms with Gasteiger partial charge in [0, 0.05) is 25.0 Å². The standard InChI is InChI=1S/C20H27NO4.ClH/c1-24-17(22)20(18(23)25-2)15-21(13-16-9-5-3-6-10-16)14-19(20)11-7-4-8-12-19;/h3,5-6,9-10H,4,7-8,11-15H2,1-2H3;1H. The van der Waals surface area contributed by atoms with Crippen LogP contribution < -0.4 is 0 Å². The maximum atomic E-state index is 12.9. The average molecular weight is 382 g/mol. The van der Waals surface area contributed by atoms with Crippen molar-refractivity contribution in [1.29, 1.82) is 0 Å². The van der Waals surface area contributed by atoms with Crippen LogP contribution in [0.3, 0.4) is 0 Å². The Morgan fingerprint density at radius 2 is 1.54 bits per heavy atom. The number of benzene rings is 1. The van der Waals surface area contributed by atoms with Crippen LogP contribution in [0, 0.1) is 10.8 Å². The molecule has 0 atom stereocenters. The molecule has 5 nitrogen and oxygen atoms in total. The summed E-state index contributed by atoms with van der Waals surface area (Å²) in [5.41, 5.74) is -0.426. The molecule has 0 radical (unpaired) electrons. The second-order valence-electron chi connectivity index (χ2n) is 7.36. The molecule has 2 fully saturated rings. The van der Waals surface area contributed by atoms with Crippen LogP contribution in [0.25, 0.3) is 0 Å². The van der Waals surface area contributed by atoms with Crippen LogP contribution >= 0.6 is 12.4 Å². The molecule has 1 aliphatic carbocycles. The van der Waals surface area contributed by atoms with Gasteiger partial charge >= 0.3 is 11.9 Å². The number of methoxy groups -OCH3 is 2. The van der Waals surface area contributed by atoms with Gasteiger partial charge in [0.2, 0.25) is 0 Å². The molecule has 0 aromatic heterocycles. The molecule has 6 heteroatoms. The third-order valence-corrected chi connectivity index (χ3v) is 6.02. The predicted octanol–water partition coefficient (Wildman–Crippen LogP) is 3.21. The van der Waals surface area contributed by atoms with E-state index in [-0.39, 0.29) is 17.8 Å². The van der Waals surface area contributed by atoms with E-state index in [1.54, 1.807) is 0 Å². The number of carbonyl (C=O) groups excluding carboxylic acids is 2. The van der Waals surface area contributed by atoms with E-state index in [2.05, 4.69) is 17.0 Å². The summed E-state index contributed by atoms with van der Waals surface area (Å²) in [5.74, 6) is -0.895. The van der Waals surface area contributed by atoms with Gasteiger partial charge in [0.25, 0.3) is 0 Å². The molecule has 1 aromatic rings. The van der Waals surface area contributed by atoms with Crippen LogP contribution in [0.5, 0.6) is 0 Å². The fourth-order valence-corrected chi connectivity index (χ4v) is 4.88. The summed E-state index contributed by atoms with van der Waals surface area (Å²) in [5, 5.41) is 0. The highest BCUT2D eigenvalue weighted by molar-refractivity contribution is 6.02. The Morgan fingerprint density at radius 1 is 0.962 bits per heavy atom. The molecule has 1 aromatic carbocycles. The highest BCUT2D eigenvalue weighted by Crippen LogP contribution is 2.56. The van der Waals surface area contributed by atoms with Crippen molar-refractivity contribution in [3.05, 3.63) is 35.9 Å². The van der Waals surface area contributed by atoms with E-state index in [1.807, 2.05) is 18.2 Å². The molecule has 1 spiro atoms. The van der Waals surface area contributed by atoms with Gasteiger partial charge in [-0.1, -0.05) is 49.6 Å². The Hall–Kier alpha value is -1.59. The smallest absolute Gasteiger partial charge is 0.325 e. The molecule has 1 aliphatic heterocycles. The van der Waals surface area contributed by atoms with Gasteiger partial charge < -0.3 is 9.47 Å². The Bertz CT molecular complexity index is 612. The van der Waals surface area contributed by atoms with E-state index in [9.17, 15) is 9.59 Å². The number of hydrogen-bond acceptors (Lipinski definition) is 5. The first-order chi connectivity index (χ1) is 12.1. The lowest BCUT2D eigenvalue weighted by Gasteiger charge is -2.43. The Morgan fingerprint density at radius 3 is 2.08 bits per heavy atom. The summed E-state index contributed by atoms with van der Waals surface area (Å²) in [6, 6.07) is 10.2. The lowest BCUT2D eigenvalue weighted by atomic mass is 9.58. The number of carbonyl (C=O) groups is 2. The maximum absolute atomic E-state index is 12.9. The zero-order valence-electron chi connectivity index (χ0n) is 15.5. The minimum Gasteiger partial charge on any atom is -0.468 e. The molecule has 0 amide bonds. The van der Waals surface area contributed by atoms with Gasteiger partial charge in [-0.25, -0.2) is 0 Å². The molecule has 0 unspecified atom stereocenters.